The average Bonchev–Trinajstić information content (AvgIpc) is 3.62. The van der Waals surface area contributed by atoms with Crippen LogP contribution in [0.3, 0.4) is 0 Å². The number of hydrogen-bond acceptors (Lipinski definition) is 7. The van der Waals surface area contributed by atoms with Crippen LogP contribution >= 0.6 is 0 Å². The topological polar surface area (TPSA) is 134 Å². The molecule has 0 spiro atoms. The standard InChI is InChI=1S/C43H53N5O6/c49-38-17-13-31(14-18-38)22-35-25-44-40(51)41(52)47(35)28-34-12-7-21-45(34)27-36(24-32-15-19-39(50)20-16-32)48-29-37(23-30-8-3-1-4-9-30)46(42(53)43(48)54)26-33-10-5-2-6-11-33/h1,3-4,8-9,13-20,33-37,49-50H,2,5-7,10-12,21-29H2,(H,44,51)/t34-,35-,36-,37-/m0/s1. The first kappa shape index (κ1) is 37.4. The van der Waals surface area contributed by atoms with Crippen molar-refractivity contribution < 1.29 is 29.4 Å². The maximum Gasteiger partial charge on any atom is 0.312 e. The smallest absolute Gasteiger partial charge is 0.312 e. The number of phenols is 2. The van der Waals surface area contributed by atoms with Crippen molar-refractivity contribution >= 4 is 23.6 Å². The summed E-state index contributed by atoms with van der Waals surface area (Å²) in [6, 6.07) is 23.4. The molecule has 3 aliphatic heterocycles. The van der Waals surface area contributed by atoms with E-state index in [1.807, 2.05) is 52.3 Å². The highest BCUT2D eigenvalue weighted by molar-refractivity contribution is 6.36. The molecule has 3 N–H and O–H groups in total. The van der Waals surface area contributed by atoms with Crippen molar-refractivity contribution in [3.63, 3.8) is 0 Å². The Hall–Kier alpha value is -4.90. The monoisotopic (exact) mass is 735 g/mol. The van der Waals surface area contributed by atoms with Crippen LogP contribution in [-0.2, 0) is 38.4 Å². The first-order valence-corrected chi connectivity index (χ1v) is 19.8. The van der Waals surface area contributed by atoms with Gasteiger partial charge in [0.15, 0.2) is 0 Å². The SMILES string of the molecule is O=C1NC[C@H](Cc2ccc(O)cc2)N(C[C@@H]2CCCN2C[C@H](Cc2ccc(O)cc2)N2C[C@H](Cc3ccccc3)N(CC3CCCCC3)C(=O)C2=O)C1=O. The summed E-state index contributed by atoms with van der Waals surface area (Å²) < 4.78 is 0. The molecule has 4 aliphatic rings. The number of nitrogens with one attached hydrogen (secondary N) is 1. The van der Waals surface area contributed by atoms with Crippen LogP contribution in [0.25, 0.3) is 0 Å². The minimum absolute atomic E-state index is 0.0389. The van der Waals surface area contributed by atoms with E-state index in [2.05, 4.69) is 22.3 Å². The lowest BCUT2D eigenvalue weighted by Crippen LogP contribution is -2.65. The quantitative estimate of drug-likeness (QED) is 0.227. The molecule has 3 heterocycles. The zero-order valence-corrected chi connectivity index (χ0v) is 31.0. The first-order valence-electron chi connectivity index (χ1n) is 19.8. The van der Waals surface area contributed by atoms with E-state index in [-0.39, 0.29) is 35.7 Å². The van der Waals surface area contributed by atoms with Crippen LogP contribution in [0.2, 0.25) is 0 Å². The van der Waals surface area contributed by atoms with E-state index in [4.69, 9.17) is 0 Å². The molecule has 0 unspecified atom stereocenters. The zero-order chi connectivity index (χ0) is 37.6. The number of amides is 4. The van der Waals surface area contributed by atoms with Gasteiger partial charge in [-0.05, 0) is 98.4 Å². The summed E-state index contributed by atoms with van der Waals surface area (Å²) in [6.07, 6.45) is 9.13. The van der Waals surface area contributed by atoms with Crippen LogP contribution in [0.4, 0.5) is 0 Å². The lowest BCUT2D eigenvalue weighted by Gasteiger charge is -2.46. The number of piperazine rings is 2. The molecule has 286 valence electrons. The van der Waals surface area contributed by atoms with Gasteiger partial charge in [-0.3, -0.25) is 24.1 Å². The first-order chi connectivity index (χ1) is 26.2. The molecule has 0 aromatic heterocycles. The fourth-order valence-electron chi connectivity index (χ4n) is 9.10. The van der Waals surface area contributed by atoms with Crippen molar-refractivity contribution in [1.29, 1.82) is 0 Å². The number of carbonyl (C=O) groups is 4. The Bertz CT molecular complexity index is 1760. The molecule has 1 saturated carbocycles. The predicted octanol–water partition coefficient (Wildman–Crippen LogP) is 3.91. The number of rotatable bonds is 13. The fourth-order valence-corrected chi connectivity index (χ4v) is 9.10. The van der Waals surface area contributed by atoms with E-state index in [0.29, 0.717) is 57.9 Å². The molecule has 3 saturated heterocycles. The number of carbonyl (C=O) groups excluding carboxylic acids is 4. The molecule has 11 heteroatoms. The van der Waals surface area contributed by atoms with Gasteiger partial charge in [0, 0.05) is 44.8 Å². The Balaban J connectivity index is 1.14. The second-order valence-corrected chi connectivity index (χ2v) is 15.8. The lowest BCUT2D eigenvalue weighted by molar-refractivity contribution is -0.162. The third-order valence-electron chi connectivity index (χ3n) is 12.0. The van der Waals surface area contributed by atoms with Gasteiger partial charge >= 0.3 is 23.6 Å². The Morgan fingerprint density at radius 2 is 1.26 bits per heavy atom. The van der Waals surface area contributed by atoms with Crippen LogP contribution in [0.1, 0.15) is 61.6 Å². The highest BCUT2D eigenvalue weighted by atomic mass is 16.3. The van der Waals surface area contributed by atoms with Crippen LogP contribution in [0.5, 0.6) is 11.5 Å². The summed E-state index contributed by atoms with van der Waals surface area (Å²) in [4.78, 5) is 62.3. The molecule has 0 bridgehead atoms. The van der Waals surface area contributed by atoms with Crippen LogP contribution < -0.4 is 5.32 Å². The zero-order valence-electron chi connectivity index (χ0n) is 31.0. The van der Waals surface area contributed by atoms with Crippen LogP contribution in [-0.4, -0.2) is 117 Å². The van der Waals surface area contributed by atoms with Crippen LogP contribution in [0, 0.1) is 5.92 Å². The molecule has 3 aromatic rings. The highest BCUT2D eigenvalue weighted by Crippen LogP contribution is 2.30. The third kappa shape index (κ3) is 8.89. The van der Waals surface area contributed by atoms with E-state index >= 15 is 0 Å². The van der Waals surface area contributed by atoms with E-state index in [1.165, 1.54) is 6.42 Å². The molecule has 1 aliphatic carbocycles. The summed E-state index contributed by atoms with van der Waals surface area (Å²) in [6.45, 7) is 3.02. The minimum Gasteiger partial charge on any atom is -0.508 e. The normalized spacial score (nSPS) is 23.6. The number of benzene rings is 3. The second kappa shape index (κ2) is 17.1. The number of nitrogens with zero attached hydrogens (tertiary/aromatic N) is 4. The summed E-state index contributed by atoms with van der Waals surface area (Å²) in [7, 11) is 0. The predicted molar refractivity (Wildman–Crippen MR) is 204 cm³/mol. The number of phenolic OH excluding ortho intramolecular Hbond substituents is 2. The summed E-state index contributed by atoms with van der Waals surface area (Å²) >= 11 is 0. The van der Waals surface area contributed by atoms with E-state index in [1.54, 1.807) is 29.2 Å². The number of likely N-dealkylation sites (tertiary alicyclic amines) is 1. The summed E-state index contributed by atoms with van der Waals surface area (Å²) in [5, 5.41) is 22.6. The molecule has 0 radical (unpaired) electrons. The van der Waals surface area contributed by atoms with Gasteiger partial charge in [0.1, 0.15) is 11.5 Å². The maximum atomic E-state index is 14.3. The number of hydrogen-bond donors (Lipinski definition) is 3. The molecular weight excluding hydrogens is 683 g/mol. The van der Waals surface area contributed by atoms with Gasteiger partial charge in [-0.15, -0.1) is 0 Å². The minimum atomic E-state index is -0.605. The molecule has 11 nitrogen and oxygen atoms in total. The van der Waals surface area contributed by atoms with Gasteiger partial charge in [-0.25, -0.2) is 0 Å². The molecule has 3 aromatic carbocycles. The third-order valence-corrected chi connectivity index (χ3v) is 12.0. The summed E-state index contributed by atoms with van der Waals surface area (Å²) in [5.74, 6) is -1.31. The van der Waals surface area contributed by atoms with E-state index in [0.717, 1.165) is 61.8 Å². The molecule has 4 amide bonds. The lowest BCUT2D eigenvalue weighted by atomic mass is 9.87. The van der Waals surface area contributed by atoms with Crippen molar-refractivity contribution in [2.75, 3.05) is 39.3 Å². The Morgan fingerprint density at radius 1 is 0.630 bits per heavy atom. The van der Waals surface area contributed by atoms with E-state index in [9.17, 15) is 29.4 Å². The molecular formula is C43H53N5O6. The van der Waals surface area contributed by atoms with Crippen molar-refractivity contribution in [2.24, 2.45) is 5.92 Å². The Morgan fingerprint density at radius 3 is 1.96 bits per heavy atom. The average molecular weight is 736 g/mol. The van der Waals surface area contributed by atoms with Gasteiger partial charge in [-0.2, -0.15) is 0 Å². The Labute approximate surface area is 317 Å². The second-order valence-electron chi connectivity index (χ2n) is 15.8. The van der Waals surface area contributed by atoms with Crippen LogP contribution in [0.15, 0.2) is 78.9 Å². The highest BCUT2D eigenvalue weighted by Gasteiger charge is 2.44. The molecule has 54 heavy (non-hydrogen) atoms. The van der Waals surface area contributed by atoms with Gasteiger partial charge < -0.3 is 30.2 Å². The fraction of sp³-hybridized carbons (Fsp3) is 0.488. The van der Waals surface area contributed by atoms with Gasteiger partial charge in [-0.1, -0.05) is 73.9 Å². The number of aromatic hydroxyl groups is 2. The summed E-state index contributed by atoms with van der Waals surface area (Å²) in [5.41, 5.74) is 3.04. The van der Waals surface area contributed by atoms with Gasteiger partial charge in [0.25, 0.3) is 0 Å². The van der Waals surface area contributed by atoms with Crippen molar-refractivity contribution in [2.45, 2.75) is 88.4 Å². The van der Waals surface area contributed by atoms with Crippen molar-refractivity contribution in [3.8, 4) is 11.5 Å². The maximum absolute atomic E-state index is 14.3. The largest absolute Gasteiger partial charge is 0.508 e. The van der Waals surface area contributed by atoms with E-state index < -0.39 is 23.6 Å². The molecule has 7 rings (SSSR count). The van der Waals surface area contributed by atoms with Gasteiger partial charge in [0.2, 0.25) is 0 Å². The molecule has 4 atom stereocenters. The van der Waals surface area contributed by atoms with Gasteiger partial charge in [0.05, 0.1) is 12.1 Å². The Kier molecular flexibility index (Phi) is 11.8. The molecule has 4 fully saturated rings. The van der Waals surface area contributed by atoms with Crippen molar-refractivity contribution in [1.82, 2.24) is 24.9 Å². The van der Waals surface area contributed by atoms with Crippen molar-refractivity contribution in [3.05, 3.63) is 95.6 Å².